The molecule has 0 saturated heterocycles. The standard InChI is InChI=1S/C8H12N.C8H18O3S/c1-2-6-9-7-4-3-5-8-9;1-2-3-4-5-6-7-8-12(9,10)11/h3-5,7-8H,2,6H2,1H3;2-8H2,1H3,(H,9,10,11)/q+1;/p-1. The highest BCUT2D eigenvalue weighted by molar-refractivity contribution is 7.85. The van der Waals surface area contributed by atoms with Crippen molar-refractivity contribution in [1.82, 2.24) is 0 Å². The first-order valence-corrected chi connectivity index (χ1v) is 9.45. The van der Waals surface area contributed by atoms with E-state index in [0.29, 0.717) is 6.42 Å². The number of aromatic nitrogens is 1. The van der Waals surface area contributed by atoms with E-state index >= 15 is 0 Å². The Morgan fingerprint density at radius 3 is 1.95 bits per heavy atom. The second-order valence-electron chi connectivity index (χ2n) is 5.14. The number of unbranched alkanes of at least 4 members (excludes halogenated alkanes) is 5. The van der Waals surface area contributed by atoms with E-state index in [1.54, 1.807) is 0 Å². The van der Waals surface area contributed by atoms with Gasteiger partial charge in [0, 0.05) is 24.3 Å². The fourth-order valence-electron chi connectivity index (χ4n) is 1.90. The fraction of sp³-hybridized carbons (Fsp3) is 0.688. The van der Waals surface area contributed by atoms with Crippen LogP contribution in [0.25, 0.3) is 0 Å². The minimum Gasteiger partial charge on any atom is -0.748 e. The summed E-state index contributed by atoms with van der Waals surface area (Å²) in [5.74, 6) is -0.195. The molecule has 0 atom stereocenters. The number of rotatable bonds is 9. The van der Waals surface area contributed by atoms with E-state index in [9.17, 15) is 13.0 Å². The molecule has 0 aliphatic carbocycles. The van der Waals surface area contributed by atoms with Gasteiger partial charge in [-0.3, -0.25) is 0 Å². The quantitative estimate of drug-likeness (QED) is 0.399. The Balaban J connectivity index is 0.000000394. The molecule has 1 aromatic heterocycles. The normalized spacial score (nSPS) is 10.8. The van der Waals surface area contributed by atoms with Crippen LogP contribution in [0, 0.1) is 0 Å². The monoisotopic (exact) mass is 315 g/mol. The highest BCUT2D eigenvalue weighted by Crippen LogP contribution is 2.05. The maximum atomic E-state index is 10.2. The van der Waals surface area contributed by atoms with E-state index in [4.69, 9.17) is 0 Å². The molecule has 0 N–H and O–H groups in total. The summed E-state index contributed by atoms with van der Waals surface area (Å²) in [4.78, 5) is 0. The summed E-state index contributed by atoms with van der Waals surface area (Å²) in [5.41, 5.74) is 0. The van der Waals surface area contributed by atoms with Crippen LogP contribution in [0.1, 0.15) is 58.8 Å². The largest absolute Gasteiger partial charge is 0.748 e. The van der Waals surface area contributed by atoms with Gasteiger partial charge in [0.05, 0.1) is 10.1 Å². The molecular formula is C16H29NO3S. The lowest BCUT2D eigenvalue weighted by atomic mass is 10.1. The van der Waals surface area contributed by atoms with Crippen molar-refractivity contribution < 1.29 is 17.5 Å². The molecule has 0 aromatic carbocycles. The predicted molar refractivity (Wildman–Crippen MR) is 84.9 cm³/mol. The maximum Gasteiger partial charge on any atom is 0.168 e. The Hall–Kier alpha value is -0.940. The van der Waals surface area contributed by atoms with Crippen molar-refractivity contribution in [2.75, 3.05) is 5.75 Å². The average Bonchev–Trinajstić information content (AvgIpc) is 2.44. The zero-order chi connectivity index (χ0) is 16.0. The van der Waals surface area contributed by atoms with Crippen LogP contribution < -0.4 is 4.57 Å². The number of hydrogen-bond acceptors (Lipinski definition) is 3. The van der Waals surface area contributed by atoms with E-state index in [0.717, 1.165) is 25.8 Å². The highest BCUT2D eigenvalue weighted by Gasteiger charge is 1.94. The van der Waals surface area contributed by atoms with Gasteiger partial charge in [0.1, 0.15) is 6.54 Å². The molecule has 0 fully saturated rings. The van der Waals surface area contributed by atoms with Gasteiger partial charge in [0.2, 0.25) is 0 Å². The minimum absolute atomic E-state index is 0.195. The van der Waals surface area contributed by atoms with Gasteiger partial charge in [0.25, 0.3) is 0 Å². The third kappa shape index (κ3) is 15.3. The molecule has 0 spiro atoms. The molecule has 0 bridgehead atoms. The van der Waals surface area contributed by atoms with E-state index in [2.05, 4.69) is 42.9 Å². The Labute approximate surface area is 130 Å². The summed E-state index contributed by atoms with van der Waals surface area (Å²) in [5, 5.41) is 0. The predicted octanol–water partition coefficient (Wildman–Crippen LogP) is 3.28. The van der Waals surface area contributed by atoms with E-state index in [1.807, 2.05) is 6.07 Å². The van der Waals surface area contributed by atoms with Crippen LogP contribution in [0.3, 0.4) is 0 Å². The number of nitrogens with zero attached hydrogens (tertiary/aromatic N) is 1. The molecular weight excluding hydrogens is 286 g/mol. The SMILES string of the molecule is CCCCCCCCS(=O)(=O)[O-].CCC[n+]1ccccc1. The Morgan fingerprint density at radius 1 is 0.857 bits per heavy atom. The summed E-state index contributed by atoms with van der Waals surface area (Å²) in [6, 6.07) is 6.14. The van der Waals surface area contributed by atoms with Crippen LogP contribution in [0.2, 0.25) is 0 Å². The molecule has 1 heterocycles. The maximum absolute atomic E-state index is 10.2. The van der Waals surface area contributed by atoms with Crippen molar-refractivity contribution in [2.45, 2.75) is 65.3 Å². The van der Waals surface area contributed by atoms with Gasteiger partial charge < -0.3 is 4.55 Å². The van der Waals surface area contributed by atoms with Gasteiger partial charge in [-0.25, -0.2) is 13.0 Å². The lowest BCUT2D eigenvalue weighted by Crippen LogP contribution is -2.31. The molecule has 0 aliphatic heterocycles. The summed E-state index contributed by atoms with van der Waals surface area (Å²) in [6.07, 6.45) is 11.3. The van der Waals surface area contributed by atoms with Crippen molar-refractivity contribution in [2.24, 2.45) is 0 Å². The molecule has 0 saturated carbocycles. The van der Waals surface area contributed by atoms with Gasteiger partial charge in [0.15, 0.2) is 12.4 Å². The summed E-state index contributed by atoms with van der Waals surface area (Å²) >= 11 is 0. The highest BCUT2D eigenvalue weighted by atomic mass is 32.2. The van der Waals surface area contributed by atoms with Crippen LogP contribution in [0.15, 0.2) is 30.6 Å². The van der Waals surface area contributed by atoms with Crippen LogP contribution in [-0.2, 0) is 16.7 Å². The topological polar surface area (TPSA) is 61.1 Å². The first-order chi connectivity index (χ1) is 9.99. The molecule has 5 heteroatoms. The molecule has 1 aromatic rings. The summed E-state index contributed by atoms with van der Waals surface area (Å²) < 4.78 is 32.7. The third-order valence-electron chi connectivity index (χ3n) is 3.01. The molecule has 0 unspecified atom stereocenters. The number of hydrogen-bond donors (Lipinski definition) is 0. The third-order valence-corrected chi connectivity index (χ3v) is 3.80. The fourth-order valence-corrected chi connectivity index (χ4v) is 2.46. The van der Waals surface area contributed by atoms with Gasteiger partial charge in [-0.05, 0) is 6.42 Å². The Bertz CT molecular complexity index is 432. The lowest BCUT2D eigenvalue weighted by Gasteiger charge is -2.05. The van der Waals surface area contributed by atoms with Crippen LogP contribution in [0.5, 0.6) is 0 Å². The van der Waals surface area contributed by atoms with Crippen molar-refractivity contribution in [3.8, 4) is 0 Å². The summed E-state index contributed by atoms with van der Waals surface area (Å²) in [6.45, 7) is 5.43. The summed E-state index contributed by atoms with van der Waals surface area (Å²) in [7, 11) is -3.97. The van der Waals surface area contributed by atoms with Gasteiger partial charge >= 0.3 is 0 Å². The molecule has 0 amide bonds. The van der Waals surface area contributed by atoms with Crippen molar-refractivity contribution in [3.05, 3.63) is 30.6 Å². The van der Waals surface area contributed by atoms with E-state index < -0.39 is 10.1 Å². The zero-order valence-corrected chi connectivity index (χ0v) is 14.1. The van der Waals surface area contributed by atoms with Gasteiger partial charge in [-0.1, -0.05) is 52.0 Å². The van der Waals surface area contributed by atoms with Gasteiger partial charge in [-0.15, -0.1) is 0 Å². The van der Waals surface area contributed by atoms with Crippen LogP contribution >= 0.6 is 0 Å². The molecule has 21 heavy (non-hydrogen) atoms. The van der Waals surface area contributed by atoms with Crippen molar-refractivity contribution in [3.63, 3.8) is 0 Å². The lowest BCUT2D eigenvalue weighted by molar-refractivity contribution is -0.697. The van der Waals surface area contributed by atoms with E-state index in [1.165, 1.54) is 19.3 Å². The molecule has 122 valence electrons. The van der Waals surface area contributed by atoms with Gasteiger partial charge in [-0.2, -0.15) is 0 Å². The van der Waals surface area contributed by atoms with Crippen molar-refractivity contribution >= 4 is 10.1 Å². The second-order valence-corrected chi connectivity index (χ2v) is 6.67. The Morgan fingerprint density at radius 2 is 1.43 bits per heavy atom. The van der Waals surface area contributed by atoms with Crippen molar-refractivity contribution in [1.29, 1.82) is 0 Å². The molecule has 1 rings (SSSR count). The second kappa shape index (κ2) is 12.8. The Kier molecular flexibility index (Phi) is 12.2. The van der Waals surface area contributed by atoms with E-state index in [-0.39, 0.29) is 5.75 Å². The molecule has 0 aliphatic rings. The first-order valence-electron chi connectivity index (χ1n) is 7.87. The van der Waals surface area contributed by atoms with Crippen LogP contribution in [0.4, 0.5) is 0 Å². The average molecular weight is 315 g/mol. The molecule has 4 nitrogen and oxygen atoms in total. The number of aryl methyl sites for hydroxylation is 1. The van der Waals surface area contributed by atoms with Crippen LogP contribution in [-0.4, -0.2) is 18.7 Å². The first kappa shape index (κ1) is 20.1. The minimum atomic E-state index is -3.97. The zero-order valence-electron chi connectivity index (χ0n) is 13.3. The molecule has 0 radical (unpaired) electrons. The smallest absolute Gasteiger partial charge is 0.168 e. The number of pyridine rings is 1.